The molecule has 0 bridgehead atoms. The van der Waals surface area contributed by atoms with Crippen LogP contribution in [0.4, 0.5) is 0 Å². The Morgan fingerprint density at radius 1 is 1.03 bits per heavy atom. The summed E-state index contributed by atoms with van der Waals surface area (Å²) in [6.07, 6.45) is 4.59. The predicted octanol–water partition coefficient (Wildman–Crippen LogP) is 5.09. The Morgan fingerprint density at radius 2 is 1.83 bits per heavy atom. The first-order valence-corrected chi connectivity index (χ1v) is 12.6. The van der Waals surface area contributed by atoms with Crippen LogP contribution in [-0.2, 0) is 4.79 Å². The second kappa shape index (κ2) is 9.41. The first kappa shape index (κ1) is 23.5. The van der Waals surface area contributed by atoms with Crippen LogP contribution in [0.15, 0.2) is 53.6 Å². The van der Waals surface area contributed by atoms with E-state index in [1.54, 1.807) is 41.0 Å². The molecule has 0 saturated heterocycles. The number of carboxylic acids is 2. The van der Waals surface area contributed by atoms with Crippen molar-refractivity contribution in [2.24, 2.45) is 0 Å². The SMILES string of the molecule is Cc1csc2c(C)c(C#Cc3ccnc(-c4cc(C(=O)O)cc(C5=CC(C(=O)O)=CCN5)n4)c3)sc12. The summed E-state index contributed by atoms with van der Waals surface area (Å²) >= 11 is 3.42. The van der Waals surface area contributed by atoms with Crippen LogP contribution in [-0.4, -0.2) is 38.7 Å². The maximum Gasteiger partial charge on any atom is 0.335 e. The number of dihydropyridines is 1. The standard InChI is InChI=1S/C27H19N3O4S2/c1-14-13-35-25-15(2)23(36-24(14)25)4-3-16-5-7-28-19(9-16)21-11-18(27(33)34)12-22(30-21)20-10-17(26(31)32)6-8-29-20/h5-7,9-13,29H,8H2,1-2H3,(H,31,32)(H,33,34). The Bertz CT molecular complexity index is 1680. The summed E-state index contributed by atoms with van der Waals surface area (Å²) in [4.78, 5) is 33.2. The molecule has 5 heterocycles. The lowest BCUT2D eigenvalue weighted by Crippen LogP contribution is -2.20. The highest BCUT2D eigenvalue weighted by Crippen LogP contribution is 2.37. The van der Waals surface area contributed by atoms with E-state index >= 15 is 0 Å². The van der Waals surface area contributed by atoms with Crippen LogP contribution >= 0.6 is 22.7 Å². The molecule has 4 aromatic heterocycles. The number of rotatable bonds is 4. The maximum atomic E-state index is 11.8. The number of hydrogen-bond acceptors (Lipinski definition) is 7. The van der Waals surface area contributed by atoms with E-state index in [1.807, 2.05) is 0 Å². The third-order valence-corrected chi connectivity index (χ3v) is 8.34. The predicted molar refractivity (Wildman–Crippen MR) is 141 cm³/mol. The molecule has 7 nitrogen and oxygen atoms in total. The van der Waals surface area contributed by atoms with Gasteiger partial charge >= 0.3 is 11.9 Å². The zero-order valence-corrected chi connectivity index (χ0v) is 20.9. The van der Waals surface area contributed by atoms with Crippen molar-refractivity contribution in [1.82, 2.24) is 15.3 Å². The number of carboxylic acid groups (broad SMARTS) is 2. The van der Waals surface area contributed by atoms with Crippen molar-refractivity contribution < 1.29 is 19.8 Å². The van der Waals surface area contributed by atoms with Gasteiger partial charge in [0.1, 0.15) is 0 Å². The van der Waals surface area contributed by atoms with E-state index in [0.717, 1.165) is 10.4 Å². The Balaban J connectivity index is 1.53. The summed E-state index contributed by atoms with van der Waals surface area (Å²) in [6.45, 7) is 4.48. The van der Waals surface area contributed by atoms with Crippen LogP contribution in [0, 0.1) is 25.7 Å². The Morgan fingerprint density at radius 3 is 2.58 bits per heavy atom. The molecule has 0 atom stereocenters. The minimum absolute atomic E-state index is 0.0204. The van der Waals surface area contributed by atoms with Crippen molar-refractivity contribution in [1.29, 1.82) is 0 Å². The number of fused-ring (bicyclic) bond motifs is 1. The largest absolute Gasteiger partial charge is 0.478 e. The van der Waals surface area contributed by atoms with Crippen molar-refractivity contribution >= 4 is 49.7 Å². The van der Waals surface area contributed by atoms with Gasteiger partial charge < -0.3 is 15.5 Å². The van der Waals surface area contributed by atoms with Crippen LogP contribution in [0.2, 0.25) is 0 Å². The third-order valence-electron chi connectivity index (χ3n) is 5.66. The molecule has 9 heteroatoms. The molecular weight excluding hydrogens is 494 g/mol. The fourth-order valence-electron chi connectivity index (χ4n) is 3.77. The number of pyridine rings is 2. The van der Waals surface area contributed by atoms with Crippen LogP contribution < -0.4 is 5.32 Å². The van der Waals surface area contributed by atoms with Gasteiger partial charge in [0.25, 0.3) is 0 Å². The number of aliphatic carboxylic acids is 1. The van der Waals surface area contributed by atoms with E-state index in [4.69, 9.17) is 0 Å². The minimum atomic E-state index is -1.12. The number of carbonyl (C=O) groups is 2. The van der Waals surface area contributed by atoms with E-state index in [1.165, 1.54) is 44.8 Å². The molecule has 0 aromatic carbocycles. The Labute approximate surface area is 214 Å². The van der Waals surface area contributed by atoms with Crippen LogP contribution in [0.25, 0.3) is 26.5 Å². The van der Waals surface area contributed by atoms with E-state index in [0.29, 0.717) is 29.3 Å². The average molecular weight is 514 g/mol. The zero-order chi connectivity index (χ0) is 25.4. The normalized spacial score (nSPS) is 12.8. The molecule has 178 valence electrons. The van der Waals surface area contributed by atoms with Crippen LogP contribution in [0.5, 0.6) is 0 Å². The summed E-state index contributed by atoms with van der Waals surface area (Å²) in [6, 6.07) is 6.42. The number of hydrogen-bond donors (Lipinski definition) is 3. The molecule has 0 unspecified atom stereocenters. The van der Waals surface area contributed by atoms with Crippen LogP contribution in [0.3, 0.4) is 0 Å². The number of aryl methyl sites for hydroxylation is 2. The lowest BCUT2D eigenvalue weighted by Gasteiger charge is -2.15. The highest BCUT2D eigenvalue weighted by atomic mass is 32.1. The first-order valence-electron chi connectivity index (χ1n) is 10.9. The molecular formula is C27H19N3O4S2. The molecule has 0 saturated carbocycles. The Kier molecular flexibility index (Phi) is 6.14. The number of aromatic carboxylic acids is 1. The molecule has 0 spiro atoms. The van der Waals surface area contributed by atoms with Gasteiger partial charge in [-0.2, -0.15) is 0 Å². The van der Waals surface area contributed by atoms with Gasteiger partial charge in [0.05, 0.1) is 38.8 Å². The summed E-state index contributed by atoms with van der Waals surface area (Å²) in [7, 11) is 0. The van der Waals surface area contributed by atoms with E-state index in [-0.39, 0.29) is 11.1 Å². The summed E-state index contributed by atoms with van der Waals surface area (Å²) in [5.41, 5.74) is 4.87. The fourth-order valence-corrected chi connectivity index (χ4v) is 6.17. The first-order chi connectivity index (χ1) is 17.3. The smallest absolute Gasteiger partial charge is 0.335 e. The summed E-state index contributed by atoms with van der Waals surface area (Å²) in [5, 5.41) is 24.2. The monoisotopic (exact) mass is 513 g/mol. The van der Waals surface area contributed by atoms with Crippen molar-refractivity contribution in [3.63, 3.8) is 0 Å². The second-order valence-electron chi connectivity index (χ2n) is 8.15. The summed E-state index contributed by atoms with van der Waals surface area (Å²) in [5.74, 6) is 4.29. The number of nitrogens with one attached hydrogen (secondary N) is 1. The quantitative estimate of drug-likeness (QED) is 0.326. The van der Waals surface area contributed by atoms with Crippen molar-refractivity contribution in [3.05, 3.63) is 86.4 Å². The van der Waals surface area contributed by atoms with E-state index in [2.05, 4.69) is 46.4 Å². The molecule has 4 aromatic rings. The molecule has 0 aliphatic carbocycles. The van der Waals surface area contributed by atoms with E-state index in [9.17, 15) is 19.8 Å². The van der Waals surface area contributed by atoms with Gasteiger partial charge in [0.15, 0.2) is 0 Å². The van der Waals surface area contributed by atoms with Gasteiger partial charge in [0.2, 0.25) is 0 Å². The minimum Gasteiger partial charge on any atom is -0.478 e. The van der Waals surface area contributed by atoms with Gasteiger partial charge in [-0.05, 0) is 60.7 Å². The molecule has 0 fully saturated rings. The van der Waals surface area contributed by atoms with Gasteiger partial charge in [0, 0.05) is 27.7 Å². The topological polar surface area (TPSA) is 112 Å². The molecule has 36 heavy (non-hydrogen) atoms. The van der Waals surface area contributed by atoms with Crippen molar-refractivity contribution in [2.45, 2.75) is 13.8 Å². The van der Waals surface area contributed by atoms with E-state index < -0.39 is 11.9 Å². The molecule has 1 aliphatic heterocycles. The molecule has 0 amide bonds. The average Bonchev–Trinajstić information content (AvgIpc) is 3.41. The lowest BCUT2D eigenvalue weighted by molar-refractivity contribution is -0.132. The van der Waals surface area contributed by atoms with Gasteiger partial charge in [-0.1, -0.05) is 17.9 Å². The number of aromatic nitrogens is 2. The van der Waals surface area contributed by atoms with Crippen LogP contribution in [0.1, 0.15) is 37.6 Å². The van der Waals surface area contributed by atoms with Crippen molar-refractivity contribution in [2.75, 3.05) is 6.54 Å². The second-order valence-corrected chi connectivity index (χ2v) is 10.0. The summed E-state index contributed by atoms with van der Waals surface area (Å²) < 4.78 is 2.54. The maximum absolute atomic E-state index is 11.8. The zero-order valence-electron chi connectivity index (χ0n) is 19.2. The highest BCUT2D eigenvalue weighted by Gasteiger charge is 2.17. The molecule has 3 N–H and O–H groups in total. The van der Waals surface area contributed by atoms with Crippen molar-refractivity contribution in [3.8, 4) is 23.2 Å². The number of thiophene rings is 2. The molecule has 1 aliphatic rings. The lowest BCUT2D eigenvalue weighted by atomic mass is 10.1. The van der Waals surface area contributed by atoms with Gasteiger partial charge in [-0.25, -0.2) is 14.6 Å². The Hall–Kier alpha value is -4.26. The molecule has 0 radical (unpaired) electrons. The van der Waals surface area contributed by atoms with Gasteiger partial charge in [-0.15, -0.1) is 22.7 Å². The fraction of sp³-hybridized carbons (Fsp3) is 0.111. The third kappa shape index (κ3) is 4.52. The van der Waals surface area contributed by atoms with Gasteiger partial charge in [-0.3, -0.25) is 4.98 Å². The molecule has 5 rings (SSSR count). The highest BCUT2D eigenvalue weighted by molar-refractivity contribution is 7.27. The number of nitrogens with zero attached hydrogens (tertiary/aromatic N) is 2.